The molecule has 0 aliphatic carbocycles. The predicted octanol–water partition coefficient (Wildman–Crippen LogP) is 5.84. The van der Waals surface area contributed by atoms with Gasteiger partial charge in [-0.2, -0.15) is 26.3 Å². The summed E-state index contributed by atoms with van der Waals surface area (Å²) in [5, 5.41) is 8.89. The van der Waals surface area contributed by atoms with Crippen LogP contribution in [0.3, 0.4) is 0 Å². The molecular formula is C25H28F6N6O5. The summed E-state index contributed by atoms with van der Waals surface area (Å²) < 4.78 is 93.2. The first kappa shape index (κ1) is 33.8. The molecule has 11 nitrogen and oxygen atoms in total. The number of hydrazine groups is 1. The van der Waals surface area contributed by atoms with Crippen molar-refractivity contribution < 1.29 is 49.9 Å². The average molecular weight is 607 g/mol. The monoisotopic (exact) mass is 606 g/mol. The molecule has 3 amide bonds. The number of anilines is 1. The van der Waals surface area contributed by atoms with E-state index in [2.05, 4.69) is 28.3 Å². The van der Waals surface area contributed by atoms with Crippen molar-refractivity contribution in [2.24, 2.45) is 0 Å². The highest BCUT2D eigenvalue weighted by Gasteiger charge is 2.44. The number of pyridine rings is 1. The maximum absolute atomic E-state index is 14.0. The number of halogens is 6. The first-order valence-corrected chi connectivity index (χ1v) is 12.2. The van der Waals surface area contributed by atoms with Gasteiger partial charge in [0.15, 0.2) is 5.69 Å². The van der Waals surface area contributed by atoms with E-state index in [1.807, 2.05) is 10.7 Å². The van der Waals surface area contributed by atoms with Gasteiger partial charge in [-0.15, -0.1) is 23.4 Å². The highest BCUT2D eigenvalue weighted by molar-refractivity contribution is 5.98. The Morgan fingerprint density at radius 1 is 1.02 bits per heavy atom. The minimum absolute atomic E-state index is 0.0886. The smallest absolute Gasteiger partial charge is 0.418 e. The normalized spacial score (nSPS) is 12.7. The van der Waals surface area contributed by atoms with Crippen LogP contribution in [-0.4, -0.2) is 44.9 Å². The number of hydrogen-bond acceptors (Lipinski definition) is 8. The third kappa shape index (κ3) is 9.59. The number of hydrogen-bond donors (Lipinski definition) is 3. The van der Waals surface area contributed by atoms with E-state index in [9.17, 15) is 40.7 Å². The van der Waals surface area contributed by atoms with Crippen molar-refractivity contribution in [3.05, 3.63) is 48.5 Å². The molecule has 1 atom stereocenters. The number of amides is 3. The number of rotatable bonds is 10. The molecule has 0 saturated heterocycles. The lowest BCUT2D eigenvalue weighted by atomic mass is 10.0. The zero-order chi connectivity index (χ0) is 31.9. The van der Waals surface area contributed by atoms with Crippen LogP contribution in [0.4, 0.5) is 36.8 Å². The van der Waals surface area contributed by atoms with Crippen LogP contribution in [0.5, 0.6) is 0 Å². The highest BCUT2D eigenvalue weighted by Crippen LogP contribution is 2.40. The topological polar surface area (TPSA) is 148 Å². The quantitative estimate of drug-likeness (QED) is 0.174. The summed E-state index contributed by atoms with van der Waals surface area (Å²) in [6.07, 6.45) is -9.27. The lowest BCUT2D eigenvalue weighted by Crippen LogP contribution is -2.42. The third-order valence-electron chi connectivity index (χ3n) is 5.07. The number of ether oxygens (including phenoxy) is 1. The molecule has 2 rings (SSSR count). The van der Waals surface area contributed by atoms with Crippen LogP contribution in [0.1, 0.15) is 74.3 Å². The Morgan fingerprint density at radius 3 is 2.21 bits per heavy atom. The van der Waals surface area contributed by atoms with Gasteiger partial charge in [0.1, 0.15) is 17.2 Å². The molecule has 0 saturated carbocycles. The summed E-state index contributed by atoms with van der Waals surface area (Å²) in [6.45, 7) is 11.2. The zero-order valence-corrected chi connectivity index (χ0v) is 22.7. The lowest BCUT2D eigenvalue weighted by molar-refractivity contribution is -0.156. The summed E-state index contributed by atoms with van der Waals surface area (Å²) in [5.41, 5.74) is -1.95. The second-order valence-electron chi connectivity index (χ2n) is 9.64. The minimum Gasteiger partial charge on any atom is -0.444 e. The number of alkyl halides is 6. The molecule has 0 aliphatic rings. The van der Waals surface area contributed by atoms with Crippen LogP contribution in [0, 0.1) is 0 Å². The molecule has 230 valence electrons. The highest BCUT2D eigenvalue weighted by atomic mass is 19.4. The molecule has 2 aromatic rings. The Balaban J connectivity index is 2.68. The number of allylic oxidation sites excluding steroid dienone is 2. The Morgan fingerprint density at radius 2 is 1.67 bits per heavy atom. The summed E-state index contributed by atoms with van der Waals surface area (Å²) in [6, 6.07) is 0.295. The molecule has 0 radical (unpaired) electrons. The molecule has 0 aliphatic heterocycles. The van der Waals surface area contributed by atoms with Crippen LogP contribution in [0.15, 0.2) is 35.8 Å². The van der Waals surface area contributed by atoms with Crippen molar-refractivity contribution >= 4 is 23.6 Å². The number of carbonyl (C=O) groups is 3. The molecule has 3 N–H and O–H groups in total. The summed E-state index contributed by atoms with van der Waals surface area (Å²) in [7, 11) is 0. The van der Waals surface area contributed by atoms with Crippen molar-refractivity contribution in [3.8, 4) is 11.6 Å². The molecule has 0 fully saturated rings. The fourth-order valence-corrected chi connectivity index (χ4v) is 3.24. The van der Waals surface area contributed by atoms with E-state index in [4.69, 9.17) is 9.15 Å². The van der Waals surface area contributed by atoms with Crippen LogP contribution in [0.25, 0.3) is 11.6 Å². The summed E-state index contributed by atoms with van der Waals surface area (Å²) in [4.78, 5) is 40.6. The van der Waals surface area contributed by atoms with Gasteiger partial charge in [-0.3, -0.25) is 25.8 Å². The van der Waals surface area contributed by atoms with Gasteiger partial charge in [0.05, 0.1) is 11.3 Å². The van der Waals surface area contributed by atoms with Crippen molar-refractivity contribution in [1.29, 1.82) is 0 Å². The van der Waals surface area contributed by atoms with Crippen LogP contribution >= 0.6 is 0 Å². The Bertz CT molecular complexity index is 1320. The fraction of sp³-hybridized carbons (Fsp3) is 0.440. The molecule has 0 aromatic carbocycles. The number of nitrogens with zero attached hydrogens (tertiary/aromatic N) is 3. The SMILES string of the molecule is C=CCCC(=O)NNC(=O)c1nc(-c2nnc(C(CCC=C)C(F)(F)F)o2)c(NC(=O)OC(C)(C)C)cc1C(F)(F)F. The molecule has 0 spiro atoms. The van der Waals surface area contributed by atoms with Gasteiger partial charge in [-0.05, 0) is 46.1 Å². The fourth-order valence-electron chi connectivity index (χ4n) is 3.24. The summed E-state index contributed by atoms with van der Waals surface area (Å²) in [5.74, 6) is -6.36. The maximum atomic E-state index is 14.0. The Labute approximate surface area is 235 Å². The van der Waals surface area contributed by atoms with E-state index in [0.29, 0.717) is 6.07 Å². The van der Waals surface area contributed by atoms with E-state index in [-0.39, 0.29) is 19.3 Å². The molecular weight excluding hydrogens is 578 g/mol. The Kier molecular flexibility index (Phi) is 10.8. The molecule has 17 heteroatoms. The minimum atomic E-state index is -5.23. The average Bonchev–Trinajstić information content (AvgIpc) is 3.32. The van der Waals surface area contributed by atoms with Gasteiger partial charge in [-0.1, -0.05) is 12.2 Å². The van der Waals surface area contributed by atoms with E-state index in [0.717, 1.165) is 0 Å². The van der Waals surface area contributed by atoms with Gasteiger partial charge in [0.2, 0.25) is 11.8 Å². The number of aromatic nitrogens is 3. The van der Waals surface area contributed by atoms with Gasteiger partial charge in [0.25, 0.3) is 11.8 Å². The molecule has 0 bridgehead atoms. The lowest BCUT2D eigenvalue weighted by Gasteiger charge is -2.21. The molecule has 1 unspecified atom stereocenters. The first-order valence-electron chi connectivity index (χ1n) is 12.2. The van der Waals surface area contributed by atoms with E-state index >= 15 is 0 Å². The van der Waals surface area contributed by atoms with Gasteiger partial charge in [0, 0.05) is 6.42 Å². The van der Waals surface area contributed by atoms with Crippen molar-refractivity contribution in [2.75, 3.05) is 5.32 Å². The van der Waals surface area contributed by atoms with Crippen LogP contribution in [-0.2, 0) is 15.7 Å². The van der Waals surface area contributed by atoms with Gasteiger partial charge >= 0.3 is 18.4 Å². The van der Waals surface area contributed by atoms with Crippen LogP contribution in [0.2, 0.25) is 0 Å². The van der Waals surface area contributed by atoms with E-state index < -0.39 is 82.6 Å². The van der Waals surface area contributed by atoms with Crippen molar-refractivity contribution in [1.82, 2.24) is 26.0 Å². The zero-order valence-electron chi connectivity index (χ0n) is 22.7. The largest absolute Gasteiger partial charge is 0.444 e. The van der Waals surface area contributed by atoms with E-state index in [1.165, 1.54) is 32.9 Å². The standard InChI is InChI=1S/C25H28F6N6O5/c1-6-8-10-13(24(26,27)28)20-36-37-21(41-20)18-15(32-22(40)42-23(3,4)5)12-14(25(29,30)31)17(33-18)19(39)35-34-16(38)11-9-7-2/h6-7,12-13H,1-2,8-11H2,3-5H3,(H,32,40)(H,34,38)(H,35,39). The summed E-state index contributed by atoms with van der Waals surface area (Å²) >= 11 is 0. The molecule has 42 heavy (non-hydrogen) atoms. The number of nitrogens with one attached hydrogen (secondary N) is 3. The second-order valence-corrected chi connectivity index (χ2v) is 9.64. The van der Waals surface area contributed by atoms with Gasteiger partial charge < -0.3 is 9.15 Å². The van der Waals surface area contributed by atoms with Crippen molar-refractivity contribution in [3.63, 3.8) is 0 Å². The molecule has 2 aromatic heterocycles. The van der Waals surface area contributed by atoms with Crippen molar-refractivity contribution in [2.45, 2.75) is 70.3 Å². The first-order chi connectivity index (χ1) is 19.4. The third-order valence-corrected chi connectivity index (χ3v) is 5.07. The number of carbonyl (C=O) groups excluding carboxylic acids is 3. The van der Waals surface area contributed by atoms with Crippen LogP contribution < -0.4 is 16.2 Å². The maximum Gasteiger partial charge on any atom is 0.418 e. The second kappa shape index (κ2) is 13.5. The molecule has 2 heterocycles. The Hall–Kier alpha value is -4.44. The predicted molar refractivity (Wildman–Crippen MR) is 136 cm³/mol. The van der Waals surface area contributed by atoms with Gasteiger partial charge in [-0.25, -0.2) is 9.78 Å². The van der Waals surface area contributed by atoms with E-state index in [1.54, 1.807) is 5.43 Å².